The maximum atomic E-state index is 14.4. The Kier molecular flexibility index (Phi) is 10.7. The number of nitrogens with one attached hydrogen (secondary N) is 1. The molecule has 0 saturated carbocycles. The molecule has 1 saturated heterocycles. The van der Waals surface area contributed by atoms with E-state index in [1.165, 1.54) is 30.4 Å². The van der Waals surface area contributed by atoms with Gasteiger partial charge in [-0.05, 0) is 12.5 Å². The molecule has 3 rings (SSSR count). The Morgan fingerprint density at radius 1 is 1.13 bits per heavy atom. The van der Waals surface area contributed by atoms with Crippen molar-refractivity contribution in [2.45, 2.75) is 95.6 Å². The van der Waals surface area contributed by atoms with Gasteiger partial charge in [0.25, 0.3) is 5.91 Å². The molecule has 2 aromatic rings. The first-order valence-electron chi connectivity index (χ1n) is 13.1. The van der Waals surface area contributed by atoms with Crippen molar-refractivity contribution in [2.24, 2.45) is 0 Å². The molecular formula is C25H35F2N5O7. The Bertz CT molecular complexity index is 1190. The molecule has 0 unspecified atom stereocenters. The third kappa shape index (κ3) is 7.46. The average molecular weight is 556 g/mol. The molecule has 1 aliphatic rings. The minimum atomic E-state index is -3.88. The van der Waals surface area contributed by atoms with Gasteiger partial charge in [-0.15, -0.1) is 0 Å². The SMILES string of the molecule is CCCCCCCCCCCn1nc(C(=O)O)cc1C(=O)Nc1ccn([C@@H]2O[C@H](CO)[C@@H](O)C2(F)F)c(=O)n1. The fourth-order valence-corrected chi connectivity index (χ4v) is 4.41. The van der Waals surface area contributed by atoms with Gasteiger partial charge in [0, 0.05) is 18.8 Å². The van der Waals surface area contributed by atoms with E-state index in [2.05, 4.69) is 22.3 Å². The molecule has 216 valence electrons. The van der Waals surface area contributed by atoms with E-state index in [4.69, 9.17) is 9.84 Å². The van der Waals surface area contributed by atoms with E-state index in [9.17, 15) is 33.4 Å². The summed E-state index contributed by atoms with van der Waals surface area (Å²) in [5, 5.41) is 34.5. The number of ether oxygens (including phenoxy) is 1. The number of alkyl halides is 2. The summed E-state index contributed by atoms with van der Waals surface area (Å²) in [7, 11) is 0. The Balaban J connectivity index is 1.64. The topological polar surface area (TPSA) is 169 Å². The summed E-state index contributed by atoms with van der Waals surface area (Å²) in [6.45, 7) is 1.60. The normalized spacial score (nSPS) is 20.3. The summed E-state index contributed by atoms with van der Waals surface area (Å²) < 4.78 is 35.4. The number of aliphatic hydroxyl groups excluding tert-OH is 2. The van der Waals surface area contributed by atoms with Crippen LogP contribution in [0.2, 0.25) is 0 Å². The molecule has 1 fully saturated rings. The number of carboxylic acid groups (broad SMARTS) is 1. The van der Waals surface area contributed by atoms with Crippen LogP contribution in [-0.4, -0.2) is 71.3 Å². The summed E-state index contributed by atoms with van der Waals surface area (Å²) in [5.41, 5.74) is -1.58. The fraction of sp³-hybridized carbons (Fsp3) is 0.640. The van der Waals surface area contributed by atoms with Gasteiger partial charge >= 0.3 is 17.6 Å². The van der Waals surface area contributed by atoms with Crippen LogP contribution in [0.1, 0.15) is 91.9 Å². The zero-order valence-electron chi connectivity index (χ0n) is 21.8. The number of aryl methyl sites for hydroxylation is 1. The van der Waals surface area contributed by atoms with Crippen molar-refractivity contribution in [3.63, 3.8) is 0 Å². The second kappa shape index (κ2) is 13.7. The summed E-state index contributed by atoms with van der Waals surface area (Å²) >= 11 is 0. The molecule has 39 heavy (non-hydrogen) atoms. The van der Waals surface area contributed by atoms with Gasteiger partial charge in [0.05, 0.1) is 6.61 Å². The van der Waals surface area contributed by atoms with Crippen LogP contribution in [0.25, 0.3) is 0 Å². The number of hydrogen-bond donors (Lipinski definition) is 4. The van der Waals surface area contributed by atoms with Crippen LogP contribution >= 0.6 is 0 Å². The Morgan fingerprint density at radius 2 is 1.77 bits per heavy atom. The van der Waals surface area contributed by atoms with E-state index in [-0.39, 0.29) is 17.2 Å². The van der Waals surface area contributed by atoms with Crippen molar-refractivity contribution in [3.05, 3.63) is 40.2 Å². The van der Waals surface area contributed by atoms with Gasteiger partial charge in [0.1, 0.15) is 17.6 Å². The van der Waals surface area contributed by atoms with Crippen molar-refractivity contribution >= 4 is 17.7 Å². The van der Waals surface area contributed by atoms with E-state index in [0.29, 0.717) is 17.5 Å². The number of rotatable bonds is 15. The number of nitrogens with zero attached hydrogens (tertiary/aromatic N) is 4. The van der Waals surface area contributed by atoms with Crippen LogP contribution in [-0.2, 0) is 11.3 Å². The third-order valence-electron chi connectivity index (χ3n) is 6.59. The number of carboxylic acids is 1. The first kappa shape index (κ1) is 30.3. The van der Waals surface area contributed by atoms with E-state index in [1.54, 1.807) is 0 Å². The zero-order chi connectivity index (χ0) is 28.6. The van der Waals surface area contributed by atoms with Crippen molar-refractivity contribution in [1.82, 2.24) is 19.3 Å². The smallest absolute Gasteiger partial charge is 0.356 e. The molecule has 2 aromatic heterocycles. The fourth-order valence-electron chi connectivity index (χ4n) is 4.41. The maximum Gasteiger partial charge on any atom is 0.356 e. The van der Waals surface area contributed by atoms with Gasteiger partial charge in [-0.1, -0.05) is 58.3 Å². The molecule has 0 bridgehead atoms. The highest BCUT2D eigenvalue weighted by Crippen LogP contribution is 2.42. The third-order valence-corrected chi connectivity index (χ3v) is 6.59. The molecule has 12 nitrogen and oxygen atoms in total. The number of carbonyl (C=O) groups is 2. The molecule has 1 amide bonds. The van der Waals surface area contributed by atoms with Crippen molar-refractivity contribution in [1.29, 1.82) is 0 Å². The highest BCUT2D eigenvalue weighted by atomic mass is 19.3. The summed E-state index contributed by atoms with van der Waals surface area (Å²) in [4.78, 5) is 40.4. The number of carbonyl (C=O) groups excluding carboxylic acids is 1. The highest BCUT2D eigenvalue weighted by Gasteiger charge is 2.59. The molecule has 14 heteroatoms. The van der Waals surface area contributed by atoms with Crippen LogP contribution in [0, 0.1) is 0 Å². The molecule has 4 N–H and O–H groups in total. The van der Waals surface area contributed by atoms with Gasteiger partial charge in [-0.25, -0.2) is 9.59 Å². The van der Waals surface area contributed by atoms with Gasteiger partial charge in [-0.3, -0.25) is 14.0 Å². The first-order valence-corrected chi connectivity index (χ1v) is 13.1. The number of hydrogen-bond acceptors (Lipinski definition) is 8. The largest absolute Gasteiger partial charge is 0.476 e. The molecular weight excluding hydrogens is 520 g/mol. The number of anilines is 1. The lowest BCUT2D eigenvalue weighted by atomic mass is 10.1. The Hall–Kier alpha value is -3.23. The number of aromatic carboxylic acids is 1. The van der Waals surface area contributed by atoms with Crippen LogP contribution in [0.15, 0.2) is 23.1 Å². The molecule has 0 spiro atoms. The van der Waals surface area contributed by atoms with Crippen molar-refractivity contribution < 1.29 is 38.4 Å². The molecule has 1 aliphatic heterocycles. The van der Waals surface area contributed by atoms with Crippen LogP contribution in [0.4, 0.5) is 14.6 Å². The minimum absolute atomic E-state index is 0.0579. The van der Waals surface area contributed by atoms with E-state index < -0.39 is 48.5 Å². The molecule has 0 radical (unpaired) electrons. The lowest BCUT2D eigenvalue weighted by Crippen LogP contribution is -2.41. The lowest BCUT2D eigenvalue weighted by molar-refractivity contribution is -0.140. The molecule has 3 heterocycles. The average Bonchev–Trinajstić information content (AvgIpc) is 3.42. The Labute approximate surface area is 223 Å². The van der Waals surface area contributed by atoms with Gasteiger partial charge < -0.3 is 25.4 Å². The maximum absolute atomic E-state index is 14.4. The highest BCUT2D eigenvalue weighted by molar-refractivity contribution is 6.03. The molecule has 3 atom stereocenters. The summed E-state index contributed by atoms with van der Waals surface area (Å²) in [6.07, 6.45) is 4.52. The van der Waals surface area contributed by atoms with Crippen LogP contribution in [0.5, 0.6) is 0 Å². The standard InChI is InChI=1S/C25H35F2N5O7/c1-2-3-4-5-6-7-8-9-10-12-32-17(14-16(30-32)22(36)37)21(35)28-19-11-13-31(24(38)29-19)23-25(26,27)20(34)18(15-33)39-23/h11,13-14,18,20,23,33-34H,2-10,12,15H2,1H3,(H,36,37)(H,28,29,35,38)/t18-,20-,23-/m1/s1. The number of amides is 1. The van der Waals surface area contributed by atoms with E-state index in [1.807, 2.05) is 0 Å². The van der Waals surface area contributed by atoms with E-state index >= 15 is 0 Å². The predicted octanol–water partition coefficient (Wildman–Crippen LogP) is 2.81. The first-order chi connectivity index (χ1) is 18.6. The quantitative estimate of drug-likeness (QED) is 0.241. The predicted molar refractivity (Wildman–Crippen MR) is 135 cm³/mol. The minimum Gasteiger partial charge on any atom is -0.476 e. The number of halogens is 2. The monoisotopic (exact) mass is 555 g/mol. The summed E-state index contributed by atoms with van der Waals surface area (Å²) in [6, 6.07) is 2.19. The number of aliphatic hydroxyl groups is 2. The van der Waals surface area contributed by atoms with Gasteiger partial charge in [0.2, 0.25) is 6.23 Å². The van der Waals surface area contributed by atoms with Crippen LogP contribution < -0.4 is 11.0 Å². The van der Waals surface area contributed by atoms with Gasteiger partial charge in [-0.2, -0.15) is 18.9 Å². The van der Waals surface area contributed by atoms with E-state index in [0.717, 1.165) is 44.0 Å². The van der Waals surface area contributed by atoms with Gasteiger partial charge in [0.15, 0.2) is 11.8 Å². The summed E-state index contributed by atoms with van der Waals surface area (Å²) in [5.74, 6) is -6.24. The molecule has 0 aromatic carbocycles. The van der Waals surface area contributed by atoms with Crippen LogP contribution in [0.3, 0.4) is 0 Å². The van der Waals surface area contributed by atoms with Crippen molar-refractivity contribution in [3.8, 4) is 0 Å². The van der Waals surface area contributed by atoms with Crippen molar-refractivity contribution in [2.75, 3.05) is 11.9 Å². The number of unbranched alkanes of at least 4 members (excludes halogenated alkanes) is 8. The lowest BCUT2D eigenvalue weighted by Gasteiger charge is -2.21. The second-order valence-electron chi connectivity index (χ2n) is 9.56. The second-order valence-corrected chi connectivity index (χ2v) is 9.56. The molecule has 0 aliphatic carbocycles. The zero-order valence-corrected chi connectivity index (χ0v) is 21.8. The Morgan fingerprint density at radius 3 is 2.33 bits per heavy atom. The number of aromatic nitrogens is 4.